The molecule has 4 rings (SSSR count). The number of para-hydroxylation sites is 1. The van der Waals surface area contributed by atoms with Crippen molar-refractivity contribution in [3.05, 3.63) is 71.4 Å². The number of aromatic nitrogens is 1. The van der Waals surface area contributed by atoms with Gasteiger partial charge in [-0.3, -0.25) is 9.78 Å². The minimum Gasteiger partial charge on any atom is -0.340 e. The fourth-order valence-corrected chi connectivity index (χ4v) is 5.71. The Hall–Kier alpha value is -2.77. The Kier molecular flexibility index (Phi) is 6.58. The Morgan fingerprint density at radius 3 is 2.41 bits per heavy atom. The number of aryl methyl sites for hydroxylation is 3. The first-order valence-corrected chi connectivity index (χ1v) is 12.5. The van der Waals surface area contributed by atoms with Crippen molar-refractivity contribution in [1.29, 1.82) is 0 Å². The van der Waals surface area contributed by atoms with Crippen molar-refractivity contribution in [1.82, 2.24) is 14.2 Å². The number of carbonyl (C=O) groups is 1. The third-order valence-electron chi connectivity index (χ3n) is 6.00. The summed E-state index contributed by atoms with van der Waals surface area (Å²) < 4.78 is 28.1. The zero-order chi connectivity index (χ0) is 22.7. The van der Waals surface area contributed by atoms with Gasteiger partial charge in [0.25, 0.3) is 0 Å². The van der Waals surface area contributed by atoms with E-state index >= 15 is 0 Å². The minimum atomic E-state index is -3.67. The molecule has 0 spiro atoms. The van der Waals surface area contributed by atoms with Crippen LogP contribution in [0.4, 0.5) is 0 Å². The highest BCUT2D eigenvalue weighted by molar-refractivity contribution is 7.89. The van der Waals surface area contributed by atoms with Crippen molar-refractivity contribution < 1.29 is 13.2 Å². The monoisotopic (exact) mass is 451 g/mol. The second kappa shape index (κ2) is 9.38. The maximum Gasteiger partial charge on any atom is 0.245 e. The van der Waals surface area contributed by atoms with Crippen LogP contribution in [0.15, 0.2) is 59.6 Å². The standard InChI is InChI=1S/C25H29N3O3S/c1-19-9-11-21(12-10-19)5-3-8-24(29)27-13-15-28(16-14-27)32(30,31)23-7-4-6-22-17-20(2)18-26-25(22)23/h4,6-7,9-12,17-18H,3,5,8,13-16H2,1-2H3. The SMILES string of the molecule is Cc1ccc(CCCC(=O)N2CCN(S(=O)(=O)c3cccc4cc(C)cnc34)CC2)cc1. The zero-order valence-electron chi connectivity index (χ0n) is 18.6. The molecule has 0 saturated carbocycles. The Labute approximate surface area is 189 Å². The normalized spacial score (nSPS) is 15.2. The lowest BCUT2D eigenvalue weighted by Gasteiger charge is -2.34. The van der Waals surface area contributed by atoms with Gasteiger partial charge >= 0.3 is 0 Å². The van der Waals surface area contributed by atoms with Crippen molar-refractivity contribution in [2.75, 3.05) is 26.2 Å². The van der Waals surface area contributed by atoms with Gasteiger partial charge in [-0.15, -0.1) is 0 Å². The fourth-order valence-electron chi connectivity index (χ4n) is 4.12. The highest BCUT2D eigenvalue weighted by Gasteiger charge is 2.31. The largest absolute Gasteiger partial charge is 0.340 e. The molecule has 168 valence electrons. The first-order chi connectivity index (χ1) is 15.3. The molecule has 1 fully saturated rings. The van der Waals surface area contributed by atoms with Crippen LogP contribution in [-0.2, 0) is 21.2 Å². The Balaban J connectivity index is 1.36. The molecule has 0 N–H and O–H groups in total. The summed E-state index contributed by atoms with van der Waals surface area (Å²) >= 11 is 0. The van der Waals surface area contributed by atoms with Gasteiger partial charge in [-0.25, -0.2) is 8.42 Å². The van der Waals surface area contributed by atoms with Crippen LogP contribution >= 0.6 is 0 Å². The number of pyridine rings is 1. The molecule has 0 aliphatic carbocycles. The molecular weight excluding hydrogens is 422 g/mol. The predicted octanol–water partition coefficient (Wildman–Crippen LogP) is 3.71. The second-order valence-corrected chi connectivity index (χ2v) is 10.4. The lowest BCUT2D eigenvalue weighted by atomic mass is 10.1. The molecule has 6 nitrogen and oxygen atoms in total. The first kappa shape index (κ1) is 22.4. The van der Waals surface area contributed by atoms with E-state index in [-0.39, 0.29) is 10.8 Å². The van der Waals surface area contributed by atoms with E-state index in [9.17, 15) is 13.2 Å². The molecular formula is C25H29N3O3S. The van der Waals surface area contributed by atoms with E-state index in [1.807, 2.05) is 19.1 Å². The molecule has 0 bridgehead atoms. The van der Waals surface area contributed by atoms with Crippen molar-refractivity contribution in [3.63, 3.8) is 0 Å². The van der Waals surface area contributed by atoms with E-state index in [4.69, 9.17) is 0 Å². The fraction of sp³-hybridized carbons (Fsp3) is 0.360. The molecule has 2 aromatic carbocycles. The van der Waals surface area contributed by atoms with Crippen LogP contribution in [0.5, 0.6) is 0 Å². The molecule has 1 amide bonds. The first-order valence-electron chi connectivity index (χ1n) is 11.0. The molecule has 1 aliphatic heterocycles. The van der Waals surface area contributed by atoms with E-state index in [1.54, 1.807) is 23.2 Å². The minimum absolute atomic E-state index is 0.0939. The number of benzene rings is 2. The summed E-state index contributed by atoms with van der Waals surface area (Å²) in [4.78, 5) is 19.0. The summed E-state index contributed by atoms with van der Waals surface area (Å²) in [7, 11) is -3.67. The van der Waals surface area contributed by atoms with E-state index in [2.05, 4.69) is 36.2 Å². The van der Waals surface area contributed by atoms with Crippen molar-refractivity contribution in [3.8, 4) is 0 Å². The maximum atomic E-state index is 13.3. The molecule has 0 unspecified atom stereocenters. The molecule has 2 heterocycles. The van der Waals surface area contributed by atoms with Gasteiger partial charge < -0.3 is 4.90 Å². The van der Waals surface area contributed by atoms with Crippen LogP contribution in [0.25, 0.3) is 10.9 Å². The summed E-state index contributed by atoms with van der Waals surface area (Å²) in [5, 5.41) is 0.813. The lowest BCUT2D eigenvalue weighted by molar-refractivity contribution is -0.132. The van der Waals surface area contributed by atoms with E-state index in [1.165, 1.54) is 15.4 Å². The van der Waals surface area contributed by atoms with Crippen molar-refractivity contribution in [2.24, 2.45) is 0 Å². The lowest BCUT2D eigenvalue weighted by Crippen LogP contribution is -2.50. The number of piperazine rings is 1. The molecule has 1 aromatic heterocycles. The molecule has 7 heteroatoms. The number of fused-ring (bicyclic) bond motifs is 1. The van der Waals surface area contributed by atoms with Gasteiger partial charge in [-0.05, 0) is 49.9 Å². The Bertz CT molecular complexity index is 1210. The van der Waals surface area contributed by atoms with Gasteiger partial charge in [0.2, 0.25) is 15.9 Å². The zero-order valence-corrected chi connectivity index (χ0v) is 19.4. The maximum absolute atomic E-state index is 13.3. The number of nitrogens with zero attached hydrogens (tertiary/aromatic N) is 3. The molecule has 3 aromatic rings. The number of sulfonamides is 1. The summed E-state index contributed by atoms with van der Waals surface area (Å²) in [6.07, 6.45) is 3.83. The van der Waals surface area contributed by atoms with Gasteiger partial charge in [0.15, 0.2) is 0 Å². The summed E-state index contributed by atoms with van der Waals surface area (Å²) in [6.45, 7) is 5.43. The van der Waals surface area contributed by atoms with Crippen LogP contribution in [0.3, 0.4) is 0 Å². The molecule has 0 radical (unpaired) electrons. The van der Waals surface area contributed by atoms with E-state index < -0.39 is 10.0 Å². The molecule has 0 atom stereocenters. The van der Waals surface area contributed by atoms with Gasteiger partial charge in [-0.1, -0.05) is 42.0 Å². The second-order valence-electron chi connectivity index (χ2n) is 8.46. The van der Waals surface area contributed by atoms with Crippen LogP contribution in [0.1, 0.15) is 29.5 Å². The molecule has 32 heavy (non-hydrogen) atoms. The van der Waals surface area contributed by atoms with Crippen LogP contribution < -0.4 is 0 Å². The van der Waals surface area contributed by atoms with Gasteiger partial charge in [0.1, 0.15) is 4.90 Å². The topological polar surface area (TPSA) is 70.6 Å². The number of hydrogen-bond donors (Lipinski definition) is 0. The van der Waals surface area contributed by atoms with Gasteiger partial charge in [0.05, 0.1) is 5.52 Å². The van der Waals surface area contributed by atoms with Crippen LogP contribution in [0, 0.1) is 13.8 Å². The third kappa shape index (κ3) is 4.84. The third-order valence-corrected chi connectivity index (χ3v) is 7.93. The van der Waals surface area contributed by atoms with Crippen molar-refractivity contribution >= 4 is 26.8 Å². The average Bonchev–Trinajstić information content (AvgIpc) is 2.79. The van der Waals surface area contributed by atoms with Crippen molar-refractivity contribution in [2.45, 2.75) is 38.0 Å². The molecule has 1 saturated heterocycles. The number of rotatable bonds is 6. The Morgan fingerprint density at radius 2 is 1.69 bits per heavy atom. The van der Waals surface area contributed by atoms with Crippen LogP contribution in [-0.4, -0.2) is 54.7 Å². The predicted molar refractivity (Wildman–Crippen MR) is 126 cm³/mol. The quantitative estimate of drug-likeness (QED) is 0.573. The number of carbonyl (C=O) groups excluding carboxylic acids is 1. The highest BCUT2D eigenvalue weighted by atomic mass is 32.2. The van der Waals surface area contributed by atoms with E-state index in [0.717, 1.165) is 23.8 Å². The number of hydrogen-bond acceptors (Lipinski definition) is 4. The summed E-state index contributed by atoms with van der Waals surface area (Å²) in [5.74, 6) is 0.0939. The summed E-state index contributed by atoms with van der Waals surface area (Å²) in [6, 6.07) is 15.6. The average molecular weight is 452 g/mol. The smallest absolute Gasteiger partial charge is 0.245 e. The summed E-state index contributed by atoms with van der Waals surface area (Å²) in [5.41, 5.74) is 3.94. The van der Waals surface area contributed by atoms with Gasteiger partial charge in [-0.2, -0.15) is 4.31 Å². The Morgan fingerprint density at radius 1 is 0.969 bits per heavy atom. The van der Waals surface area contributed by atoms with Crippen LogP contribution in [0.2, 0.25) is 0 Å². The number of amides is 1. The highest BCUT2D eigenvalue weighted by Crippen LogP contribution is 2.25. The van der Waals surface area contributed by atoms with Gasteiger partial charge in [0, 0.05) is 44.2 Å². The molecule has 1 aliphatic rings. The van der Waals surface area contributed by atoms with E-state index in [0.29, 0.717) is 38.1 Å².